The highest BCUT2D eigenvalue weighted by molar-refractivity contribution is 5.85. The first-order valence-corrected chi connectivity index (χ1v) is 22.3. The molecule has 3 aromatic heterocycles. The van der Waals surface area contributed by atoms with Gasteiger partial charge in [0.15, 0.2) is 23.3 Å². The molecule has 3 aliphatic carbocycles. The van der Waals surface area contributed by atoms with Crippen LogP contribution in [0.1, 0.15) is 45.2 Å². The van der Waals surface area contributed by atoms with E-state index in [4.69, 9.17) is 24.9 Å². The van der Waals surface area contributed by atoms with Crippen molar-refractivity contribution in [3.05, 3.63) is 252 Å². The third-order valence-electron chi connectivity index (χ3n) is 13.2. The maximum atomic E-state index is 5.26. The normalized spacial score (nSPS) is 14.4. The Morgan fingerprint density at radius 2 is 0.697 bits per heavy atom. The molecule has 0 saturated carbocycles. The lowest BCUT2D eigenvalue weighted by Gasteiger charge is -2.42. The van der Waals surface area contributed by atoms with Gasteiger partial charge in [-0.3, -0.25) is 4.98 Å². The highest BCUT2D eigenvalue weighted by Crippen LogP contribution is 2.56. The zero-order valence-electron chi connectivity index (χ0n) is 35.6. The lowest BCUT2D eigenvalue weighted by molar-refractivity contribution is 0.754. The lowest BCUT2D eigenvalue weighted by Crippen LogP contribution is -2.27. The summed E-state index contributed by atoms with van der Waals surface area (Å²) in [5.74, 6) is 2.76. The van der Waals surface area contributed by atoms with Gasteiger partial charge in [0, 0.05) is 56.8 Å². The Hall–Kier alpha value is -8.74. The van der Waals surface area contributed by atoms with Crippen molar-refractivity contribution in [3.8, 4) is 79.2 Å². The monoisotopic (exact) mass is 842 g/mol. The molecule has 6 heteroatoms. The number of aromatic nitrogens is 6. The molecule has 2 atom stereocenters. The third-order valence-corrected chi connectivity index (χ3v) is 13.2. The van der Waals surface area contributed by atoms with Crippen molar-refractivity contribution in [2.24, 2.45) is 0 Å². The minimum atomic E-state index is 0.0486. The Morgan fingerprint density at radius 3 is 1.29 bits per heavy atom. The van der Waals surface area contributed by atoms with Crippen molar-refractivity contribution in [2.45, 2.75) is 11.8 Å². The molecule has 8 aromatic carbocycles. The summed E-state index contributed by atoms with van der Waals surface area (Å²) in [6.45, 7) is 0. The van der Waals surface area contributed by atoms with Gasteiger partial charge in [-0.05, 0) is 80.9 Å². The Morgan fingerprint density at radius 1 is 0.258 bits per heavy atom. The van der Waals surface area contributed by atoms with Gasteiger partial charge in [0.05, 0.1) is 16.9 Å². The van der Waals surface area contributed by atoms with E-state index in [2.05, 4.69) is 157 Å². The Labute approximate surface area is 382 Å². The van der Waals surface area contributed by atoms with E-state index >= 15 is 0 Å². The molecule has 2 bridgehead atoms. The summed E-state index contributed by atoms with van der Waals surface area (Å²) in [6, 6.07) is 74.6. The van der Waals surface area contributed by atoms with E-state index in [1.54, 1.807) is 0 Å². The summed E-state index contributed by atoms with van der Waals surface area (Å²) in [7, 11) is 0. The van der Waals surface area contributed by atoms with E-state index in [1.807, 2.05) is 66.9 Å². The van der Waals surface area contributed by atoms with Gasteiger partial charge >= 0.3 is 0 Å². The Bertz CT molecular complexity index is 3590. The fraction of sp³-hybridized carbons (Fsp3) is 0.0333. The molecule has 66 heavy (non-hydrogen) atoms. The van der Waals surface area contributed by atoms with Crippen LogP contribution in [0.2, 0.25) is 0 Å². The van der Waals surface area contributed by atoms with E-state index in [1.165, 1.54) is 33.4 Å². The van der Waals surface area contributed by atoms with Crippen molar-refractivity contribution >= 4 is 10.9 Å². The van der Waals surface area contributed by atoms with E-state index in [0.717, 1.165) is 66.8 Å². The molecular formula is C60H38N6. The SMILES string of the molecule is c1ccc(-c2nc(-c3ccc(-c4ccc5ncccc5c4)cc3)cc(-c3ccc4c(c3)C3c5ccccc5C4c4cc(-c5nc(-c6ccccc6)nc(-c6ccccc6)n5)ccc43)n2)cc1. The molecule has 308 valence electrons. The van der Waals surface area contributed by atoms with Crippen LogP contribution < -0.4 is 0 Å². The van der Waals surface area contributed by atoms with Crippen LogP contribution in [-0.4, -0.2) is 29.9 Å². The molecule has 2 unspecified atom stereocenters. The van der Waals surface area contributed by atoms with Crippen LogP contribution in [0.25, 0.3) is 90.1 Å². The molecule has 0 spiro atoms. The number of fused-ring (bicyclic) bond motifs is 1. The lowest BCUT2D eigenvalue weighted by atomic mass is 9.60. The van der Waals surface area contributed by atoms with Crippen molar-refractivity contribution in [3.63, 3.8) is 0 Å². The Kier molecular flexibility index (Phi) is 8.88. The molecule has 11 aromatic rings. The predicted molar refractivity (Wildman–Crippen MR) is 264 cm³/mol. The molecule has 3 aliphatic rings. The van der Waals surface area contributed by atoms with Gasteiger partial charge in [-0.2, -0.15) is 0 Å². The van der Waals surface area contributed by atoms with E-state index in [-0.39, 0.29) is 11.8 Å². The second kappa shape index (κ2) is 15.5. The standard InChI is InChI=1S/C60H38N6/c1-4-13-39(14-5-1)57-62-53(38-24-22-37(23-25-38)42-28-31-52-43(33-42)19-12-32-61-52)36-54(63-57)44-26-29-48-50(34-44)55-46-20-10-11-21-47(46)56(48)51-35-45(27-30-49(51)55)60-65-58(40-15-6-2-7-16-40)64-59(66-60)41-17-8-3-9-18-41/h1-36,55-56H. The zero-order valence-corrected chi connectivity index (χ0v) is 35.6. The summed E-state index contributed by atoms with van der Waals surface area (Å²) in [5, 5.41) is 1.12. The van der Waals surface area contributed by atoms with Crippen molar-refractivity contribution in [1.29, 1.82) is 0 Å². The summed E-state index contributed by atoms with van der Waals surface area (Å²) in [5.41, 5.74) is 18.9. The van der Waals surface area contributed by atoms with Crippen LogP contribution in [0, 0.1) is 0 Å². The van der Waals surface area contributed by atoms with Crippen molar-refractivity contribution in [2.75, 3.05) is 0 Å². The largest absolute Gasteiger partial charge is 0.256 e. The highest BCUT2D eigenvalue weighted by Gasteiger charge is 2.41. The first kappa shape index (κ1) is 37.8. The number of nitrogens with zero attached hydrogens (tertiary/aromatic N) is 6. The van der Waals surface area contributed by atoms with Gasteiger partial charge in [0.1, 0.15) is 0 Å². The van der Waals surface area contributed by atoms with Crippen LogP contribution >= 0.6 is 0 Å². The average molecular weight is 843 g/mol. The summed E-state index contributed by atoms with van der Waals surface area (Å²) in [4.78, 5) is 30.1. The quantitative estimate of drug-likeness (QED) is 0.159. The number of hydrogen-bond acceptors (Lipinski definition) is 6. The number of benzene rings is 8. The fourth-order valence-corrected chi connectivity index (χ4v) is 10.0. The van der Waals surface area contributed by atoms with Gasteiger partial charge < -0.3 is 0 Å². The van der Waals surface area contributed by atoms with Crippen molar-refractivity contribution < 1.29 is 0 Å². The van der Waals surface area contributed by atoms with Crippen molar-refractivity contribution in [1.82, 2.24) is 29.9 Å². The van der Waals surface area contributed by atoms with Crippen LogP contribution in [0.3, 0.4) is 0 Å². The Balaban J connectivity index is 0.904. The van der Waals surface area contributed by atoms with Crippen LogP contribution in [0.15, 0.2) is 219 Å². The third kappa shape index (κ3) is 6.50. The van der Waals surface area contributed by atoms with E-state index in [9.17, 15) is 0 Å². The molecule has 3 heterocycles. The maximum Gasteiger partial charge on any atom is 0.164 e. The van der Waals surface area contributed by atoms with Crippen LogP contribution in [0.4, 0.5) is 0 Å². The summed E-state index contributed by atoms with van der Waals surface area (Å²) in [6.07, 6.45) is 1.83. The molecular weight excluding hydrogens is 805 g/mol. The summed E-state index contributed by atoms with van der Waals surface area (Å²) >= 11 is 0. The van der Waals surface area contributed by atoms with E-state index in [0.29, 0.717) is 23.3 Å². The van der Waals surface area contributed by atoms with Gasteiger partial charge in [-0.15, -0.1) is 0 Å². The second-order valence-corrected chi connectivity index (χ2v) is 17.0. The van der Waals surface area contributed by atoms with Gasteiger partial charge in [0.2, 0.25) is 0 Å². The zero-order chi connectivity index (χ0) is 43.6. The van der Waals surface area contributed by atoms with Gasteiger partial charge in [-0.25, -0.2) is 24.9 Å². The number of hydrogen-bond donors (Lipinski definition) is 0. The molecule has 0 saturated heterocycles. The molecule has 0 amide bonds. The number of pyridine rings is 1. The predicted octanol–water partition coefficient (Wildman–Crippen LogP) is 13.9. The first-order chi connectivity index (χ1) is 32.7. The smallest absolute Gasteiger partial charge is 0.164 e. The minimum absolute atomic E-state index is 0.0486. The average Bonchev–Trinajstić information content (AvgIpc) is 3.40. The topological polar surface area (TPSA) is 77.3 Å². The summed E-state index contributed by atoms with van der Waals surface area (Å²) < 4.78 is 0. The molecule has 0 N–H and O–H groups in total. The number of rotatable bonds is 7. The fourth-order valence-electron chi connectivity index (χ4n) is 10.0. The molecule has 0 fully saturated rings. The highest BCUT2D eigenvalue weighted by atomic mass is 15.0. The maximum absolute atomic E-state index is 5.26. The second-order valence-electron chi connectivity index (χ2n) is 17.0. The molecule has 6 nitrogen and oxygen atoms in total. The van der Waals surface area contributed by atoms with Gasteiger partial charge in [0.25, 0.3) is 0 Å². The van der Waals surface area contributed by atoms with E-state index < -0.39 is 0 Å². The van der Waals surface area contributed by atoms with Crippen LogP contribution in [-0.2, 0) is 0 Å². The molecule has 14 rings (SSSR count). The first-order valence-electron chi connectivity index (χ1n) is 22.3. The van der Waals surface area contributed by atoms with Crippen LogP contribution in [0.5, 0.6) is 0 Å². The molecule has 0 radical (unpaired) electrons. The van der Waals surface area contributed by atoms with Gasteiger partial charge in [-0.1, -0.05) is 176 Å². The minimum Gasteiger partial charge on any atom is -0.256 e. The molecule has 0 aliphatic heterocycles.